The minimum absolute atomic E-state index is 0.135. The summed E-state index contributed by atoms with van der Waals surface area (Å²) in [4.78, 5) is 28.2. The topological polar surface area (TPSA) is 68.3 Å². The number of aryl methyl sites for hydroxylation is 2. The molecule has 0 unspecified atom stereocenters. The quantitative estimate of drug-likeness (QED) is 0.853. The fourth-order valence-corrected chi connectivity index (χ4v) is 4.26. The van der Waals surface area contributed by atoms with Gasteiger partial charge in [-0.1, -0.05) is 0 Å². The maximum atomic E-state index is 12.7. The van der Waals surface area contributed by atoms with Gasteiger partial charge in [-0.15, -0.1) is 0 Å². The normalized spacial score (nSPS) is 15.9. The average Bonchev–Trinajstić information content (AvgIpc) is 2.68. The van der Waals surface area contributed by atoms with E-state index in [2.05, 4.69) is 27.2 Å². The molecule has 0 radical (unpaired) electrons. The Morgan fingerprint density at radius 3 is 2.38 bits per heavy atom. The molecule has 1 N–H and O–H groups in total. The molecule has 0 bridgehead atoms. The highest BCUT2D eigenvalue weighted by molar-refractivity contribution is 6.04. The van der Waals surface area contributed by atoms with Crippen molar-refractivity contribution in [3.8, 4) is 0 Å². The number of nitrogens with zero attached hydrogens (tertiary/aromatic N) is 1. The summed E-state index contributed by atoms with van der Waals surface area (Å²) in [7, 11) is 1.31. The monoisotopic (exact) mass is 350 g/mol. The van der Waals surface area contributed by atoms with Crippen LogP contribution < -0.4 is 5.32 Å². The number of methoxy groups -OCH3 is 1. The maximum Gasteiger partial charge on any atom is 0.356 e. The first-order chi connectivity index (χ1) is 12.7. The van der Waals surface area contributed by atoms with Crippen LogP contribution >= 0.6 is 0 Å². The van der Waals surface area contributed by atoms with Crippen LogP contribution in [0.3, 0.4) is 0 Å². The lowest BCUT2D eigenvalue weighted by atomic mass is 9.73. The van der Waals surface area contributed by atoms with E-state index < -0.39 is 5.97 Å². The van der Waals surface area contributed by atoms with Gasteiger partial charge in [0.05, 0.1) is 19.0 Å². The zero-order chi connectivity index (χ0) is 18.1. The van der Waals surface area contributed by atoms with Crippen LogP contribution in [0.1, 0.15) is 69.1 Å². The van der Waals surface area contributed by atoms with Gasteiger partial charge in [-0.05, 0) is 85.4 Å². The molecule has 1 amide bonds. The van der Waals surface area contributed by atoms with Crippen LogP contribution in [0.15, 0.2) is 30.5 Å². The van der Waals surface area contributed by atoms with Crippen LogP contribution in [-0.4, -0.2) is 24.0 Å². The molecule has 0 spiro atoms. The molecule has 134 valence electrons. The SMILES string of the molecule is COC(=O)c1ccc(NC(=O)c2cc3c4c(c2)CCCC4CCC3)cn1. The van der Waals surface area contributed by atoms with Crippen molar-refractivity contribution in [1.82, 2.24) is 4.98 Å². The van der Waals surface area contributed by atoms with Crippen LogP contribution in [0.4, 0.5) is 5.69 Å². The number of rotatable bonds is 3. The van der Waals surface area contributed by atoms with Crippen LogP contribution in [0.2, 0.25) is 0 Å². The molecule has 5 nitrogen and oxygen atoms in total. The second kappa shape index (κ2) is 6.90. The third-order valence-corrected chi connectivity index (χ3v) is 5.44. The van der Waals surface area contributed by atoms with Gasteiger partial charge in [-0.3, -0.25) is 4.79 Å². The number of aromatic nitrogens is 1. The highest BCUT2D eigenvalue weighted by Gasteiger charge is 2.27. The second-order valence-electron chi connectivity index (χ2n) is 7.07. The van der Waals surface area contributed by atoms with Gasteiger partial charge in [0.15, 0.2) is 0 Å². The minimum Gasteiger partial charge on any atom is -0.464 e. The molecule has 1 heterocycles. The highest BCUT2D eigenvalue weighted by Crippen LogP contribution is 2.41. The number of anilines is 1. The van der Waals surface area contributed by atoms with E-state index in [0.717, 1.165) is 12.8 Å². The molecule has 2 aromatic rings. The molecule has 2 aliphatic rings. The van der Waals surface area contributed by atoms with E-state index >= 15 is 0 Å². The molecule has 0 atom stereocenters. The number of carbonyl (C=O) groups excluding carboxylic acids is 2. The number of hydrogen-bond acceptors (Lipinski definition) is 4. The van der Waals surface area contributed by atoms with Crippen LogP contribution in [-0.2, 0) is 17.6 Å². The minimum atomic E-state index is -0.494. The summed E-state index contributed by atoms with van der Waals surface area (Å²) >= 11 is 0. The first kappa shape index (κ1) is 16.8. The average molecular weight is 350 g/mol. The molecule has 0 saturated heterocycles. The molecule has 5 heteroatoms. The molecule has 26 heavy (non-hydrogen) atoms. The Kier molecular flexibility index (Phi) is 4.45. The Morgan fingerprint density at radius 2 is 1.81 bits per heavy atom. The first-order valence-corrected chi connectivity index (χ1v) is 9.17. The van der Waals surface area contributed by atoms with E-state index in [-0.39, 0.29) is 11.6 Å². The Hall–Kier alpha value is -2.69. The maximum absolute atomic E-state index is 12.7. The lowest BCUT2D eigenvalue weighted by Crippen LogP contribution is -2.20. The van der Waals surface area contributed by atoms with Crippen LogP contribution in [0, 0.1) is 0 Å². The fourth-order valence-electron chi connectivity index (χ4n) is 4.26. The van der Waals surface area contributed by atoms with Gasteiger partial charge in [0.1, 0.15) is 5.69 Å². The van der Waals surface area contributed by atoms with Gasteiger partial charge in [0.25, 0.3) is 5.91 Å². The lowest BCUT2D eigenvalue weighted by molar-refractivity contribution is 0.0594. The van der Waals surface area contributed by atoms with Crippen molar-refractivity contribution in [2.24, 2.45) is 0 Å². The van der Waals surface area contributed by atoms with E-state index in [1.54, 1.807) is 12.1 Å². The molecule has 1 aromatic heterocycles. The third-order valence-electron chi connectivity index (χ3n) is 5.44. The van der Waals surface area contributed by atoms with Gasteiger partial charge in [0.2, 0.25) is 0 Å². The van der Waals surface area contributed by atoms with Gasteiger partial charge >= 0.3 is 5.97 Å². The standard InChI is InChI=1S/C21H22N2O3/c1-26-21(25)18-9-8-17(12-22-18)23-20(24)16-10-14-6-2-4-13-5-3-7-15(11-16)19(13)14/h8-13H,2-7H2,1H3,(H,23,24). The molecular formula is C21H22N2O3. The number of esters is 1. The summed E-state index contributed by atoms with van der Waals surface area (Å²) < 4.78 is 4.63. The summed E-state index contributed by atoms with van der Waals surface area (Å²) in [6.07, 6.45) is 8.59. The largest absolute Gasteiger partial charge is 0.464 e. The number of benzene rings is 1. The summed E-state index contributed by atoms with van der Waals surface area (Å²) in [5, 5.41) is 2.88. The van der Waals surface area contributed by atoms with E-state index in [0.29, 0.717) is 17.2 Å². The molecule has 0 aliphatic heterocycles. The van der Waals surface area contributed by atoms with Crippen LogP contribution in [0.5, 0.6) is 0 Å². The van der Waals surface area contributed by atoms with Crippen molar-refractivity contribution >= 4 is 17.6 Å². The van der Waals surface area contributed by atoms with Crippen molar-refractivity contribution in [3.05, 3.63) is 58.4 Å². The Morgan fingerprint density at radius 1 is 1.12 bits per heavy atom. The number of carbonyl (C=O) groups is 2. The zero-order valence-electron chi connectivity index (χ0n) is 14.9. The molecule has 4 rings (SSSR count). The highest BCUT2D eigenvalue weighted by atomic mass is 16.5. The van der Waals surface area contributed by atoms with Gasteiger partial charge in [-0.25, -0.2) is 9.78 Å². The van der Waals surface area contributed by atoms with Gasteiger partial charge in [0, 0.05) is 5.56 Å². The van der Waals surface area contributed by atoms with Gasteiger partial charge < -0.3 is 10.1 Å². The molecule has 1 aromatic carbocycles. The number of hydrogen-bond donors (Lipinski definition) is 1. The zero-order valence-corrected chi connectivity index (χ0v) is 14.9. The summed E-state index contributed by atoms with van der Waals surface area (Å²) in [5.74, 6) is 0.0604. The second-order valence-corrected chi connectivity index (χ2v) is 7.07. The van der Waals surface area contributed by atoms with E-state index in [4.69, 9.17) is 0 Å². The summed E-state index contributed by atoms with van der Waals surface area (Å²) in [5.41, 5.74) is 5.70. The first-order valence-electron chi connectivity index (χ1n) is 9.17. The Balaban J connectivity index is 1.56. The molecule has 2 aliphatic carbocycles. The number of nitrogens with one attached hydrogen (secondary N) is 1. The van der Waals surface area contributed by atoms with Crippen molar-refractivity contribution in [3.63, 3.8) is 0 Å². The number of ether oxygens (including phenoxy) is 1. The molecule has 0 fully saturated rings. The Labute approximate surface area is 152 Å². The van der Waals surface area contributed by atoms with Crippen molar-refractivity contribution in [2.45, 2.75) is 44.4 Å². The van der Waals surface area contributed by atoms with Crippen molar-refractivity contribution < 1.29 is 14.3 Å². The summed E-state index contributed by atoms with van der Waals surface area (Å²) in [6.45, 7) is 0. The summed E-state index contributed by atoms with van der Waals surface area (Å²) in [6, 6.07) is 7.32. The van der Waals surface area contributed by atoms with E-state index in [9.17, 15) is 9.59 Å². The van der Waals surface area contributed by atoms with Crippen LogP contribution in [0.25, 0.3) is 0 Å². The number of pyridine rings is 1. The Bertz CT molecular complexity index is 827. The van der Waals surface area contributed by atoms with Crippen molar-refractivity contribution in [1.29, 1.82) is 0 Å². The fraction of sp³-hybridized carbons (Fsp3) is 0.381. The smallest absolute Gasteiger partial charge is 0.356 e. The van der Waals surface area contributed by atoms with E-state index in [1.165, 1.54) is 55.7 Å². The van der Waals surface area contributed by atoms with Gasteiger partial charge in [-0.2, -0.15) is 0 Å². The van der Waals surface area contributed by atoms with E-state index in [1.807, 2.05) is 0 Å². The van der Waals surface area contributed by atoms with Crippen molar-refractivity contribution in [2.75, 3.05) is 12.4 Å². The molecular weight excluding hydrogens is 328 g/mol. The molecule has 0 saturated carbocycles. The predicted octanol–water partition coefficient (Wildman–Crippen LogP) is 3.88. The predicted molar refractivity (Wildman–Crippen MR) is 98.6 cm³/mol. The third kappa shape index (κ3) is 3.09. The lowest BCUT2D eigenvalue weighted by Gasteiger charge is -2.32. The number of amides is 1.